The highest BCUT2D eigenvalue weighted by Crippen LogP contribution is 2.37. The lowest BCUT2D eigenvalue weighted by Crippen LogP contribution is -2.27. The summed E-state index contributed by atoms with van der Waals surface area (Å²) in [7, 11) is 0. The van der Waals surface area contributed by atoms with Crippen LogP contribution in [-0.4, -0.2) is 11.8 Å². The van der Waals surface area contributed by atoms with Crippen LogP contribution < -0.4 is 10.6 Å². The summed E-state index contributed by atoms with van der Waals surface area (Å²) in [5.74, 6) is -0.0905. The van der Waals surface area contributed by atoms with Gasteiger partial charge in [0.05, 0.1) is 5.41 Å². The van der Waals surface area contributed by atoms with Gasteiger partial charge in [-0.15, -0.1) is 0 Å². The predicted molar refractivity (Wildman–Crippen MR) is 90.4 cm³/mol. The van der Waals surface area contributed by atoms with Gasteiger partial charge >= 0.3 is 0 Å². The lowest BCUT2D eigenvalue weighted by molar-refractivity contribution is -0.119. The Kier molecular flexibility index (Phi) is 3.68. The Balaban J connectivity index is 1.73. The highest BCUT2D eigenvalue weighted by atomic mass is 16.2. The monoisotopic (exact) mass is 308 g/mol. The summed E-state index contributed by atoms with van der Waals surface area (Å²) < 4.78 is 0. The summed E-state index contributed by atoms with van der Waals surface area (Å²) in [5.41, 5.74) is 4.05. The van der Waals surface area contributed by atoms with E-state index in [9.17, 15) is 9.59 Å². The number of rotatable bonds is 3. The molecule has 2 aromatic carbocycles. The minimum absolute atomic E-state index is 0.00772. The van der Waals surface area contributed by atoms with Gasteiger partial charge in [0.2, 0.25) is 5.91 Å². The zero-order valence-electron chi connectivity index (χ0n) is 13.6. The van der Waals surface area contributed by atoms with E-state index in [-0.39, 0.29) is 11.8 Å². The van der Waals surface area contributed by atoms with Gasteiger partial charge in [-0.2, -0.15) is 0 Å². The largest absolute Gasteiger partial charge is 0.348 e. The van der Waals surface area contributed by atoms with Crippen molar-refractivity contribution in [3.63, 3.8) is 0 Å². The summed E-state index contributed by atoms with van der Waals surface area (Å²) >= 11 is 0. The van der Waals surface area contributed by atoms with Crippen LogP contribution in [0.4, 0.5) is 5.69 Å². The molecule has 3 rings (SSSR count). The van der Waals surface area contributed by atoms with Gasteiger partial charge in [-0.05, 0) is 50.1 Å². The van der Waals surface area contributed by atoms with Crippen molar-refractivity contribution < 1.29 is 9.59 Å². The number of anilines is 1. The molecule has 1 aliphatic rings. The Hall–Kier alpha value is -2.62. The number of fused-ring (bicyclic) bond motifs is 1. The maximum atomic E-state index is 12.2. The van der Waals surface area contributed by atoms with Gasteiger partial charge in [0, 0.05) is 17.8 Å². The van der Waals surface area contributed by atoms with Gasteiger partial charge in [-0.25, -0.2) is 0 Å². The second-order valence-corrected chi connectivity index (χ2v) is 6.51. The minimum Gasteiger partial charge on any atom is -0.348 e. The number of hydrogen-bond donors (Lipinski definition) is 2. The van der Waals surface area contributed by atoms with E-state index in [0.717, 1.165) is 22.4 Å². The second kappa shape index (κ2) is 5.54. The van der Waals surface area contributed by atoms with E-state index in [1.807, 2.05) is 63.2 Å². The Morgan fingerprint density at radius 3 is 2.52 bits per heavy atom. The van der Waals surface area contributed by atoms with E-state index in [0.29, 0.717) is 12.1 Å². The molecular weight excluding hydrogens is 288 g/mol. The fourth-order valence-electron chi connectivity index (χ4n) is 2.72. The van der Waals surface area contributed by atoms with Crippen LogP contribution in [-0.2, 0) is 16.8 Å². The average molecular weight is 308 g/mol. The molecule has 0 aliphatic carbocycles. The summed E-state index contributed by atoms with van der Waals surface area (Å²) in [6.07, 6.45) is 0. The number of nitrogens with one attached hydrogen (secondary N) is 2. The van der Waals surface area contributed by atoms with Crippen molar-refractivity contribution in [3.8, 4) is 0 Å². The van der Waals surface area contributed by atoms with E-state index < -0.39 is 5.41 Å². The Morgan fingerprint density at radius 1 is 1.13 bits per heavy atom. The third-order valence-electron chi connectivity index (χ3n) is 4.34. The number of benzene rings is 2. The van der Waals surface area contributed by atoms with Crippen LogP contribution in [0.15, 0.2) is 42.5 Å². The number of amides is 2. The smallest absolute Gasteiger partial charge is 0.251 e. The first-order valence-electron chi connectivity index (χ1n) is 7.67. The topological polar surface area (TPSA) is 58.2 Å². The standard InChI is InChI=1S/C19H20N2O2/c1-12-4-7-14(8-5-12)17(22)20-11-13-6-9-16-15(10-13)19(2,3)18(23)21-16/h4-10H,11H2,1-3H3,(H,20,22)(H,21,23). The fourth-order valence-corrected chi connectivity index (χ4v) is 2.72. The Bertz CT molecular complexity index is 776. The maximum Gasteiger partial charge on any atom is 0.251 e. The van der Waals surface area contributed by atoms with Crippen LogP contribution in [0.25, 0.3) is 0 Å². The van der Waals surface area contributed by atoms with Gasteiger partial charge in [-0.1, -0.05) is 29.8 Å². The van der Waals surface area contributed by atoms with Gasteiger partial charge < -0.3 is 10.6 Å². The maximum absolute atomic E-state index is 12.2. The quantitative estimate of drug-likeness (QED) is 0.915. The molecular formula is C19H20N2O2. The van der Waals surface area contributed by atoms with Gasteiger partial charge in [-0.3, -0.25) is 9.59 Å². The highest BCUT2D eigenvalue weighted by Gasteiger charge is 2.38. The van der Waals surface area contributed by atoms with Crippen molar-refractivity contribution in [3.05, 3.63) is 64.7 Å². The molecule has 0 unspecified atom stereocenters. The zero-order valence-corrected chi connectivity index (χ0v) is 13.6. The van der Waals surface area contributed by atoms with E-state index in [1.165, 1.54) is 0 Å². The molecule has 0 atom stereocenters. The van der Waals surface area contributed by atoms with Crippen molar-refractivity contribution in [2.75, 3.05) is 5.32 Å². The lowest BCUT2D eigenvalue weighted by atomic mass is 9.85. The molecule has 2 N–H and O–H groups in total. The van der Waals surface area contributed by atoms with E-state index in [1.54, 1.807) is 0 Å². The molecule has 2 amide bonds. The number of hydrogen-bond acceptors (Lipinski definition) is 2. The Morgan fingerprint density at radius 2 is 1.83 bits per heavy atom. The van der Waals surface area contributed by atoms with Crippen LogP contribution in [0, 0.1) is 6.92 Å². The first-order valence-corrected chi connectivity index (χ1v) is 7.67. The molecule has 0 saturated heterocycles. The molecule has 118 valence electrons. The molecule has 2 aromatic rings. The molecule has 4 nitrogen and oxygen atoms in total. The zero-order chi connectivity index (χ0) is 16.6. The van der Waals surface area contributed by atoms with E-state index >= 15 is 0 Å². The van der Waals surface area contributed by atoms with Crippen LogP contribution in [0.1, 0.15) is 40.9 Å². The minimum atomic E-state index is -0.535. The summed E-state index contributed by atoms with van der Waals surface area (Å²) in [6.45, 7) is 6.24. The molecule has 23 heavy (non-hydrogen) atoms. The van der Waals surface area contributed by atoms with E-state index in [2.05, 4.69) is 10.6 Å². The predicted octanol–water partition coefficient (Wildman–Crippen LogP) is 3.15. The van der Waals surface area contributed by atoms with Crippen molar-refractivity contribution in [1.29, 1.82) is 0 Å². The molecule has 1 aliphatic heterocycles. The summed E-state index contributed by atoms with van der Waals surface area (Å²) in [6, 6.07) is 13.3. The van der Waals surface area contributed by atoms with Crippen molar-refractivity contribution >= 4 is 17.5 Å². The van der Waals surface area contributed by atoms with Crippen LogP contribution in [0.2, 0.25) is 0 Å². The molecule has 4 heteroatoms. The lowest BCUT2D eigenvalue weighted by Gasteiger charge is -2.16. The van der Waals surface area contributed by atoms with Crippen LogP contribution >= 0.6 is 0 Å². The number of aryl methyl sites for hydroxylation is 1. The molecule has 0 saturated carbocycles. The third kappa shape index (κ3) is 2.84. The van der Waals surface area contributed by atoms with Gasteiger partial charge in [0.25, 0.3) is 5.91 Å². The molecule has 0 aromatic heterocycles. The van der Waals surface area contributed by atoms with Crippen molar-refractivity contribution in [2.24, 2.45) is 0 Å². The van der Waals surface area contributed by atoms with Gasteiger partial charge in [0.15, 0.2) is 0 Å². The molecule has 1 heterocycles. The first kappa shape index (κ1) is 15.3. The fraction of sp³-hybridized carbons (Fsp3) is 0.263. The summed E-state index contributed by atoms with van der Waals surface area (Å²) in [4.78, 5) is 24.1. The van der Waals surface area contributed by atoms with Crippen molar-refractivity contribution in [2.45, 2.75) is 32.7 Å². The number of carbonyl (C=O) groups excluding carboxylic acids is 2. The highest BCUT2D eigenvalue weighted by molar-refractivity contribution is 6.05. The normalized spacial score (nSPS) is 15.0. The molecule has 0 bridgehead atoms. The van der Waals surface area contributed by atoms with Crippen LogP contribution in [0.5, 0.6) is 0 Å². The average Bonchev–Trinajstić information content (AvgIpc) is 2.75. The number of carbonyl (C=O) groups is 2. The van der Waals surface area contributed by atoms with Crippen molar-refractivity contribution in [1.82, 2.24) is 5.32 Å². The molecule has 0 radical (unpaired) electrons. The van der Waals surface area contributed by atoms with Gasteiger partial charge in [0.1, 0.15) is 0 Å². The van der Waals surface area contributed by atoms with E-state index in [4.69, 9.17) is 0 Å². The SMILES string of the molecule is Cc1ccc(C(=O)NCc2ccc3c(c2)C(C)(C)C(=O)N3)cc1. The van der Waals surface area contributed by atoms with Crippen LogP contribution in [0.3, 0.4) is 0 Å². The summed E-state index contributed by atoms with van der Waals surface area (Å²) in [5, 5.41) is 5.80. The first-order chi connectivity index (χ1) is 10.9. The second-order valence-electron chi connectivity index (χ2n) is 6.51. The third-order valence-corrected chi connectivity index (χ3v) is 4.34. The molecule has 0 spiro atoms. The molecule has 0 fully saturated rings. The Labute approximate surface area is 135 Å².